The van der Waals surface area contributed by atoms with Crippen LogP contribution in [0, 0.1) is 0 Å². The van der Waals surface area contributed by atoms with E-state index in [0.717, 1.165) is 6.04 Å². The van der Waals surface area contributed by atoms with Crippen molar-refractivity contribution in [3.8, 4) is 0 Å². The van der Waals surface area contributed by atoms with Crippen LogP contribution in [0.2, 0.25) is 6.04 Å². The van der Waals surface area contributed by atoms with Gasteiger partial charge in [0, 0.05) is 0 Å². The van der Waals surface area contributed by atoms with Gasteiger partial charge in [-0.1, -0.05) is 6.08 Å². The second-order valence-electron chi connectivity index (χ2n) is 1.54. The van der Waals surface area contributed by atoms with E-state index >= 15 is 0 Å². The van der Waals surface area contributed by atoms with Gasteiger partial charge in [-0.15, -0.1) is 29.8 Å². The summed E-state index contributed by atoms with van der Waals surface area (Å²) in [7, 11) is -0.418. The summed E-state index contributed by atoms with van der Waals surface area (Å²) in [6.45, 7) is 4.03. The lowest BCUT2D eigenvalue weighted by Gasteiger charge is -2.00. The largest absolute Gasteiger partial charge is 0.421 e. The van der Waals surface area contributed by atoms with Crippen molar-refractivity contribution >= 4 is 33.0 Å². The van der Waals surface area contributed by atoms with E-state index in [1.165, 1.54) is 0 Å². The van der Waals surface area contributed by atoms with Crippen LogP contribution in [0.4, 0.5) is 0 Å². The molecule has 0 aromatic carbocycles. The van der Waals surface area contributed by atoms with Crippen LogP contribution in [0.3, 0.4) is 0 Å². The van der Waals surface area contributed by atoms with Crippen molar-refractivity contribution in [1.82, 2.24) is 0 Å². The number of halogens is 2. The summed E-state index contributed by atoms with van der Waals surface area (Å²) < 4.78 is 5.14. The molecule has 54 valence electrons. The normalized spacial score (nSPS) is 11.4. The highest BCUT2D eigenvalue weighted by Crippen LogP contribution is 2.00. The van der Waals surface area contributed by atoms with Crippen LogP contribution in [0.1, 0.15) is 0 Å². The van der Waals surface area contributed by atoms with Gasteiger partial charge in [0.25, 0.3) is 0 Å². The van der Waals surface area contributed by atoms with Gasteiger partial charge in [0.15, 0.2) is 9.76 Å². The fourth-order valence-electron chi connectivity index (χ4n) is 0.339. The van der Waals surface area contributed by atoms with Gasteiger partial charge in [0.1, 0.15) is 4.84 Å². The summed E-state index contributed by atoms with van der Waals surface area (Å²) in [5, 5.41) is 0. The van der Waals surface area contributed by atoms with Crippen molar-refractivity contribution < 1.29 is 4.43 Å². The van der Waals surface area contributed by atoms with Crippen LogP contribution >= 0.6 is 23.2 Å². The third kappa shape index (κ3) is 8.50. The highest BCUT2D eigenvalue weighted by Gasteiger charge is 1.95. The molecule has 0 N–H and O–H groups in total. The molecule has 1 nitrogen and oxygen atoms in total. The Morgan fingerprint density at radius 3 is 2.78 bits per heavy atom. The third-order valence-corrected chi connectivity index (χ3v) is 2.13. The molecule has 0 spiro atoms. The summed E-state index contributed by atoms with van der Waals surface area (Å²) >= 11 is 10.8. The lowest BCUT2D eigenvalue weighted by molar-refractivity contribution is 0.355. The maximum absolute atomic E-state index is 5.39. The Morgan fingerprint density at radius 2 is 2.33 bits per heavy atom. The third-order valence-electron chi connectivity index (χ3n) is 0.710. The fourth-order valence-corrected chi connectivity index (χ4v) is 1.55. The predicted octanol–water partition coefficient (Wildman–Crippen LogP) is 1.49. The second-order valence-corrected chi connectivity index (χ2v) is 4.21. The van der Waals surface area contributed by atoms with E-state index in [1.54, 1.807) is 0 Å². The van der Waals surface area contributed by atoms with Gasteiger partial charge in [-0.25, -0.2) is 0 Å². The Balaban J connectivity index is 2.82. The van der Waals surface area contributed by atoms with Gasteiger partial charge < -0.3 is 4.43 Å². The van der Waals surface area contributed by atoms with Gasteiger partial charge in [-0.3, -0.25) is 0 Å². The van der Waals surface area contributed by atoms with Gasteiger partial charge >= 0.3 is 0 Å². The molecule has 0 rings (SSSR count). The molecule has 0 saturated heterocycles. The van der Waals surface area contributed by atoms with E-state index in [1.807, 2.05) is 6.08 Å². The Bertz CT molecular complexity index is 77.4. The van der Waals surface area contributed by atoms with Crippen molar-refractivity contribution in [3.63, 3.8) is 0 Å². The average Bonchev–Trinajstić information content (AvgIpc) is 1.80. The van der Waals surface area contributed by atoms with Crippen molar-refractivity contribution in [3.05, 3.63) is 12.7 Å². The first-order valence-electron chi connectivity index (χ1n) is 2.74. The highest BCUT2D eigenvalue weighted by atomic mass is 35.5. The molecule has 0 amide bonds. The van der Waals surface area contributed by atoms with E-state index < -0.39 is 9.76 Å². The highest BCUT2D eigenvalue weighted by molar-refractivity contribution is 6.44. The van der Waals surface area contributed by atoms with Crippen LogP contribution in [0.5, 0.6) is 0 Å². The Kier molecular flexibility index (Phi) is 6.98. The zero-order chi connectivity index (χ0) is 7.11. The zero-order valence-electron chi connectivity index (χ0n) is 5.15. The molecule has 0 radical (unpaired) electrons. The Labute approximate surface area is 67.9 Å². The van der Waals surface area contributed by atoms with Crippen LogP contribution in [-0.2, 0) is 4.43 Å². The molecule has 0 fully saturated rings. The average molecular weight is 185 g/mol. The van der Waals surface area contributed by atoms with Gasteiger partial charge in [-0.2, -0.15) is 0 Å². The summed E-state index contributed by atoms with van der Waals surface area (Å²) in [5.41, 5.74) is 0. The van der Waals surface area contributed by atoms with Crippen LogP contribution in [0.25, 0.3) is 0 Å². The van der Waals surface area contributed by atoms with Crippen molar-refractivity contribution in [2.45, 2.75) is 10.9 Å². The van der Waals surface area contributed by atoms with Gasteiger partial charge in [0.2, 0.25) is 0 Å². The molecule has 0 heterocycles. The van der Waals surface area contributed by atoms with Crippen molar-refractivity contribution in [2.75, 3.05) is 6.61 Å². The first kappa shape index (κ1) is 9.50. The van der Waals surface area contributed by atoms with E-state index in [9.17, 15) is 0 Å². The Hall–Kier alpha value is 0.497. The predicted molar refractivity (Wildman–Crippen MR) is 45.0 cm³/mol. The first-order valence-corrected chi connectivity index (χ1v) is 5.19. The van der Waals surface area contributed by atoms with Crippen LogP contribution < -0.4 is 0 Å². The second kappa shape index (κ2) is 6.61. The maximum Gasteiger partial charge on any atom is 0.165 e. The maximum atomic E-state index is 5.39. The van der Waals surface area contributed by atoms with Crippen molar-refractivity contribution in [2.24, 2.45) is 0 Å². The van der Waals surface area contributed by atoms with Gasteiger partial charge in [0.05, 0.1) is 6.61 Å². The summed E-state index contributed by atoms with van der Waals surface area (Å²) in [6.07, 6.45) is 1.85. The standard InChI is InChI=1S/C5H10Cl2OSi/c1-2-3-9-8-4-5(6)7/h2,5H,1,3-4,9H2. The molecule has 0 aliphatic heterocycles. The number of alkyl halides is 2. The van der Waals surface area contributed by atoms with Crippen LogP contribution in [0.15, 0.2) is 12.7 Å². The quantitative estimate of drug-likeness (QED) is 0.273. The van der Waals surface area contributed by atoms with E-state index in [4.69, 9.17) is 27.6 Å². The minimum Gasteiger partial charge on any atom is -0.421 e. The Morgan fingerprint density at radius 1 is 1.67 bits per heavy atom. The first-order chi connectivity index (χ1) is 4.27. The molecule has 9 heavy (non-hydrogen) atoms. The van der Waals surface area contributed by atoms with E-state index in [-0.39, 0.29) is 4.84 Å². The van der Waals surface area contributed by atoms with Gasteiger partial charge in [-0.05, 0) is 6.04 Å². The smallest absolute Gasteiger partial charge is 0.165 e. The topological polar surface area (TPSA) is 9.23 Å². The van der Waals surface area contributed by atoms with E-state index in [2.05, 4.69) is 6.58 Å². The molecule has 0 aliphatic rings. The molecule has 0 bridgehead atoms. The summed E-state index contributed by atoms with van der Waals surface area (Å²) in [6, 6.07) is 0.987. The SMILES string of the molecule is C=CC[SiH2]OCC(Cl)Cl. The molecule has 4 heteroatoms. The molecular weight excluding hydrogens is 175 g/mol. The monoisotopic (exact) mass is 184 g/mol. The van der Waals surface area contributed by atoms with Crippen molar-refractivity contribution in [1.29, 1.82) is 0 Å². The number of hydrogen-bond acceptors (Lipinski definition) is 1. The molecule has 0 atom stereocenters. The minimum atomic E-state index is -0.418. The fraction of sp³-hybridized carbons (Fsp3) is 0.600. The lowest BCUT2D eigenvalue weighted by Crippen LogP contribution is -2.04. The summed E-state index contributed by atoms with van der Waals surface area (Å²) in [4.78, 5) is -0.373. The molecule has 0 aromatic heterocycles. The summed E-state index contributed by atoms with van der Waals surface area (Å²) in [5.74, 6) is 0. The zero-order valence-corrected chi connectivity index (χ0v) is 8.07. The van der Waals surface area contributed by atoms with E-state index in [0.29, 0.717) is 6.61 Å². The minimum absolute atomic E-state index is 0.373. The molecule has 0 saturated carbocycles. The molecule has 0 aromatic rings. The molecule has 0 aliphatic carbocycles. The van der Waals surface area contributed by atoms with Crippen LogP contribution in [-0.4, -0.2) is 21.2 Å². The number of rotatable bonds is 5. The lowest BCUT2D eigenvalue weighted by atomic mass is 10.8. The number of hydrogen-bond donors (Lipinski definition) is 0. The molecular formula is C5H10Cl2OSi. The number of allylic oxidation sites excluding steroid dienone is 1. The molecule has 0 unspecified atom stereocenters.